The van der Waals surface area contributed by atoms with Crippen molar-refractivity contribution in [3.8, 4) is 0 Å². The van der Waals surface area contributed by atoms with Gasteiger partial charge in [-0.05, 0) is 61.1 Å². The molecule has 0 bridgehead atoms. The normalized spacial score (nSPS) is 14.7. The van der Waals surface area contributed by atoms with E-state index in [1.807, 2.05) is 19.4 Å². The fourth-order valence-corrected chi connectivity index (χ4v) is 5.00. The zero-order chi connectivity index (χ0) is 26.9. The molecule has 0 saturated heterocycles. The molecule has 0 saturated carbocycles. The summed E-state index contributed by atoms with van der Waals surface area (Å²) >= 11 is 0. The van der Waals surface area contributed by atoms with Gasteiger partial charge in [0.25, 0.3) is 0 Å². The van der Waals surface area contributed by atoms with Crippen LogP contribution >= 0.6 is 21.6 Å². The number of aryl methyl sites for hydroxylation is 2. The van der Waals surface area contributed by atoms with E-state index in [2.05, 4.69) is 26.3 Å². The van der Waals surface area contributed by atoms with Gasteiger partial charge in [-0.2, -0.15) is 0 Å². The Morgan fingerprint density at radius 3 is 2.09 bits per heavy atom. The number of amides is 3. The van der Waals surface area contributed by atoms with Crippen LogP contribution in [0.15, 0.2) is 6.20 Å². The van der Waals surface area contributed by atoms with E-state index in [0.29, 0.717) is 26.1 Å². The van der Waals surface area contributed by atoms with E-state index in [4.69, 9.17) is 0 Å². The fourth-order valence-electron chi connectivity index (χ4n) is 3.90. The molecular formula is C23H42N6O4S2. The summed E-state index contributed by atoms with van der Waals surface area (Å²) in [4.78, 5) is 40.3. The lowest BCUT2D eigenvalue weighted by Gasteiger charge is -2.50. The van der Waals surface area contributed by atoms with Gasteiger partial charge in [0.15, 0.2) is 0 Å². The molecule has 1 aromatic heterocycles. The second-order valence-electron chi connectivity index (χ2n) is 9.91. The predicted octanol–water partition coefficient (Wildman–Crippen LogP) is 1.78. The summed E-state index contributed by atoms with van der Waals surface area (Å²) in [7, 11) is 3.24. The molecule has 2 unspecified atom stereocenters. The van der Waals surface area contributed by atoms with Gasteiger partial charge in [-0.1, -0.05) is 26.8 Å². The van der Waals surface area contributed by atoms with Crippen molar-refractivity contribution in [3.63, 3.8) is 0 Å². The Bertz CT molecular complexity index is 859. The van der Waals surface area contributed by atoms with Crippen LogP contribution in [0.25, 0.3) is 0 Å². The van der Waals surface area contributed by atoms with E-state index in [1.165, 1.54) is 0 Å². The highest BCUT2D eigenvalue weighted by atomic mass is 33.1. The molecule has 3 amide bonds. The molecule has 0 spiro atoms. The predicted molar refractivity (Wildman–Crippen MR) is 142 cm³/mol. The third kappa shape index (κ3) is 7.85. The SMILES string of the molecule is CSSCCNC(=O)C(C)(C)C(C)(C(=O)NCC(C)O)C(C)(C)C(=O)NCCCn1cc(C)nn1. The quantitative estimate of drug-likeness (QED) is 0.199. The lowest BCUT2D eigenvalue weighted by atomic mass is 9.52. The van der Waals surface area contributed by atoms with Gasteiger partial charge in [-0.15, -0.1) is 5.10 Å². The highest BCUT2D eigenvalue weighted by Crippen LogP contribution is 2.52. The Kier molecular flexibility index (Phi) is 12.0. The van der Waals surface area contributed by atoms with Crippen molar-refractivity contribution in [2.24, 2.45) is 16.2 Å². The van der Waals surface area contributed by atoms with Crippen LogP contribution in [0.2, 0.25) is 0 Å². The first-order valence-electron chi connectivity index (χ1n) is 11.8. The number of hydrogen-bond acceptors (Lipinski definition) is 8. The Morgan fingerprint density at radius 2 is 1.60 bits per heavy atom. The first-order chi connectivity index (χ1) is 16.2. The molecule has 10 nitrogen and oxygen atoms in total. The van der Waals surface area contributed by atoms with Crippen LogP contribution in [-0.2, 0) is 20.9 Å². The highest BCUT2D eigenvalue weighted by Gasteiger charge is 2.62. The molecule has 2 atom stereocenters. The van der Waals surface area contributed by atoms with Gasteiger partial charge in [-0.25, -0.2) is 0 Å². The van der Waals surface area contributed by atoms with Crippen LogP contribution in [0.3, 0.4) is 0 Å². The fraction of sp³-hybridized carbons (Fsp3) is 0.783. The Morgan fingerprint density at radius 1 is 1.03 bits per heavy atom. The summed E-state index contributed by atoms with van der Waals surface area (Å²) in [5, 5.41) is 26.2. The minimum Gasteiger partial charge on any atom is -0.392 e. The summed E-state index contributed by atoms with van der Waals surface area (Å²) < 4.78 is 1.71. The number of carbonyl (C=O) groups excluding carboxylic acids is 3. The van der Waals surface area contributed by atoms with Crippen molar-refractivity contribution in [3.05, 3.63) is 11.9 Å². The van der Waals surface area contributed by atoms with Crippen molar-refractivity contribution in [1.82, 2.24) is 30.9 Å². The maximum absolute atomic E-state index is 13.6. The monoisotopic (exact) mass is 530 g/mol. The smallest absolute Gasteiger partial charge is 0.228 e. The van der Waals surface area contributed by atoms with Gasteiger partial charge in [0.2, 0.25) is 17.7 Å². The third-order valence-electron chi connectivity index (χ3n) is 6.74. The molecule has 4 N–H and O–H groups in total. The first-order valence-corrected chi connectivity index (χ1v) is 14.5. The van der Waals surface area contributed by atoms with E-state index in [-0.39, 0.29) is 18.4 Å². The maximum atomic E-state index is 13.6. The lowest BCUT2D eigenvalue weighted by Crippen LogP contribution is -2.65. The zero-order valence-electron chi connectivity index (χ0n) is 22.2. The van der Waals surface area contributed by atoms with Crippen molar-refractivity contribution in [2.75, 3.05) is 31.6 Å². The van der Waals surface area contributed by atoms with Gasteiger partial charge >= 0.3 is 0 Å². The third-order valence-corrected chi connectivity index (χ3v) is 8.55. The van der Waals surface area contributed by atoms with E-state index in [1.54, 1.807) is 67.8 Å². The van der Waals surface area contributed by atoms with E-state index >= 15 is 0 Å². The average Bonchev–Trinajstić information content (AvgIpc) is 3.21. The molecule has 1 heterocycles. The summed E-state index contributed by atoms with van der Waals surface area (Å²) in [5.41, 5.74) is -3.10. The molecule has 1 rings (SSSR count). The number of nitrogens with one attached hydrogen (secondary N) is 3. The highest BCUT2D eigenvalue weighted by molar-refractivity contribution is 8.76. The van der Waals surface area contributed by atoms with Crippen LogP contribution < -0.4 is 16.0 Å². The number of hydrogen-bond donors (Lipinski definition) is 4. The van der Waals surface area contributed by atoms with Gasteiger partial charge in [0, 0.05) is 38.1 Å². The lowest BCUT2D eigenvalue weighted by molar-refractivity contribution is -0.166. The Hall–Kier alpha value is -1.79. The van der Waals surface area contributed by atoms with Gasteiger partial charge in [0.05, 0.1) is 28.0 Å². The summed E-state index contributed by atoms with van der Waals surface area (Å²) in [6.45, 7) is 13.3. The number of aromatic nitrogens is 3. The van der Waals surface area contributed by atoms with Crippen molar-refractivity contribution < 1.29 is 19.5 Å². The number of nitrogens with zero attached hydrogens (tertiary/aromatic N) is 3. The standard InChI is InChI=1S/C23H42N6O4S2/c1-16-15-29(28-27-16)12-9-10-24-18(31)21(3,4)23(7,20(33)26-14-17(2)30)22(5,6)19(32)25-11-13-35-34-8/h15,17,30H,9-14H2,1-8H3,(H,24,31)(H,25,32)(H,26,33). The van der Waals surface area contributed by atoms with Crippen LogP contribution in [0.4, 0.5) is 0 Å². The molecule has 1 aromatic rings. The van der Waals surface area contributed by atoms with Crippen molar-refractivity contribution >= 4 is 39.3 Å². The van der Waals surface area contributed by atoms with E-state index < -0.39 is 28.3 Å². The van der Waals surface area contributed by atoms with Crippen molar-refractivity contribution in [1.29, 1.82) is 0 Å². The number of carbonyl (C=O) groups is 3. The van der Waals surface area contributed by atoms with Crippen LogP contribution in [-0.4, -0.2) is 75.6 Å². The molecule has 0 aliphatic heterocycles. The molecule has 0 fully saturated rings. The minimum absolute atomic E-state index is 0.0194. The molecule has 200 valence electrons. The van der Waals surface area contributed by atoms with Crippen molar-refractivity contribution in [2.45, 2.75) is 67.5 Å². The molecule has 0 radical (unpaired) electrons. The first kappa shape index (κ1) is 31.2. The maximum Gasteiger partial charge on any atom is 0.228 e. The topological polar surface area (TPSA) is 138 Å². The molecule has 35 heavy (non-hydrogen) atoms. The summed E-state index contributed by atoms with van der Waals surface area (Å²) in [5.74, 6) is -0.379. The largest absolute Gasteiger partial charge is 0.392 e. The second kappa shape index (κ2) is 13.5. The van der Waals surface area contributed by atoms with Crippen LogP contribution in [0.5, 0.6) is 0 Å². The Balaban J connectivity index is 3.08. The number of aliphatic hydroxyl groups is 1. The summed E-state index contributed by atoms with van der Waals surface area (Å²) in [6.07, 6.45) is 3.66. The Labute approximate surface area is 216 Å². The number of aliphatic hydroxyl groups excluding tert-OH is 1. The average molecular weight is 531 g/mol. The molecule has 0 aliphatic rings. The van der Waals surface area contributed by atoms with Crippen LogP contribution in [0.1, 0.15) is 53.7 Å². The van der Waals surface area contributed by atoms with Gasteiger partial charge in [0.1, 0.15) is 0 Å². The van der Waals surface area contributed by atoms with E-state index in [9.17, 15) is 19.5 Å². The summed E-state index contributed by atoms with van der Waals surface area (Å²) in [6, 6.07) is 0. The zero-order valence-corrected chi connectivity index (χ0v) is 23.9. The molecule has 12 heteroatoms. The van der Waals surface area contributed by atoms with Crippen LogP contribution in [0, 0.1) is 23.2 Å². The molecular weight excluding hydrogens is 488 g/mol. The van der Waals surface area contributed by atoms with Gasteiger partial charge < -0.3 is 21.1 Å². The minimum atomic E-state index is -1.43. The van der Waals surface area contributed by atoms with Gasteiger partial charge in [-0.3, -0.25) is 19.1 Å². The second-order valence-corrected chi connectivity index (χ2v) is 12.6. The molecule has 0 aromatic carbocycles. The molecule has 0 aliphatic carbocycles. The van der Waals surface area contributed by atoms with E-state index in [0.717, 1.165) is 11.4 Å². The number of rotatable bonds is 15.